The van der Waals surface area contributed by atoms with Crippen LogP contribution >= 0.6 is 11.3 Å². The van der Waals surface area contributed by atoms with Crippen LogP contribution in [0.5, 0.6) is 0 Å². The van der Waals surface area contributed by atoms with Gasteiger partial charge in [0.1, 0.15) is 0 Å². The van der Waals surface area contributed by atoms with Gasteiger partial charge in [0.05, 0.1) is 30.2 Å². The molecule has 0 aliphatic carbocycles. The Hall–Kier alpha value is -1.45. The molecule has 1 aromatic heterocycles. The van der Waals surface area contributed by atoms with Gasteiger partial charge in [-0.05, 0) is 7.05 Å². The summed E-state index contributed by atoms with van der Waals surface area (Å²) < 4.78 is 0. The van der Waals surface area contributed by atoms with Crippen LogP contribution in [0.4, 0.5) is 0 Å². The molecule has 0 aliphatic heterocycles. The highest BCUT2D eigenvalue weighted by Gasteiger charge is 2.11. The molecule has 0 aliphatic rings. The molecule has 92 valence electrons. The molecule has 0 bridgehead atoms. The average Bonchev–Trinajstić information content (AvgIpc) is 2.78. The summed E-state index contributed by atoms with van der Waals surface area (Å²) in [5.74, 6) is 0.0259. The zero-order valence-corrected chi connectivity index (χ0v) is 10.9. The molecule has 1 rings (SSSR count). The average molecular weight is 252 g/mol. The highest BCUT2D eigenvalue weighted by Crippen LogP contribution is 2.04. The van der Waals surface area contributed by atoms with Crippen molar-refractivity contribution in [1.29, 1.82) is 5.26 Å². The Labute approximate surface area is 105 Å². The van der Waals surface area contributed by atoms with Gasteiger partial charge < -0.3 is 4.90 Å². The van der Waals surface area contributed by atoms with Crippen LogP contribution in [-0.2, 0) is 11.3 Å². The number of nitrogens with zero attached hydrogens (tertiary/aromatic N) is 4. The molecule has 1 heterocycles. The predicted octanol–water partition coefficient (Wildman–Crippen LogP) is 0.947. The van der Waals surface area contributed by atoms with Crippen LogP contribution in [0, 0.1) is 11.3 Å². The lowest BCUT2D eigenvalue weighted by Crippen LogP contribution is -2.36. The van der Waals surface area contributed by atoms with E-state index in [1.807, 2.05) is 23.4 Å². The Bertz CT molecular complexity index is 385. The van der Waals surface area contributed by atoms with Gasteiger partial charge in [-0.25, -0.2) is 4.98 Å². The molecule has 6 heteroatoms. The fraction of sp³-hybridized carbons (Fsp3) is 0.545. The Morgan fingerprint density at radius 2 is 2.35 bits per heavy atom. The van der Waals surface area contributed by atoms with Gasteiger partial charge in [-0.3, -0.25) is 9.69 Å². The summed E-state index contributed by atoms with van der Waals surface area (Å²) in [6, 6.07) is 2.03. The third kappa shape index (κ3) is 4.93. The Kier molecular flexibility index (Phi) is 5.60. The molecule has 0 unspecified atom stereocenters. The maximum Gasteiger partial charge on any atom is 0.236 e. The summed E-state index contributed by atoms with van der Waals surface area (Å²) in [4.78, 5) is 19.4. The van der Waals surface area contributed by atoms with E-state index in [-0.39, 0.29) is 5.91 Å². The van der Waals surface area contributed by atoms with Gasteiger partial charge in [0.25, 0.3) is 0 Å². The molecule has 0 aromatic carbocycles. The number of likely N-dealkylation sites (N-methyl/N-ethyl adjacent to an activating group) is 2. The standard InChI is InChI=1S/C11H16N4OS/c1-14(6-10-8-17-9-13-10)7-11(16)15(2)5-3-4-12/h8-9H,3,5-7H2,1-2H3. The smallest absolute Gasteiger partial charge is 0.236 e. The lowest BCUT2D eigenvalue weighted by Gasteiger charge is -2.20. The van der Waals surface area contributed by atoms with E-state index in [1.54, 1.807) is 28.8 Å². The van der Waals surface area contributed by atoms with Gasteiger partial charge in [0, 0.05) is 25.5 Å². The minimum absolute atomic E-state index is 0.0259. The van der Waals surface area contributed by atoms with Crippen LogP contribution in [0.3, 0.4) is 0 Å². The number of nitriles is 1. The molecule has 1 aromatic rings. The van der Waals surface area contributed by atoms with Crippen molar-refractivity contribution in [2.45, 2.75) is 13.0 Å². The summed E-state index contributed by atoms with van der Waals surface area (Å²) >= 11 is 1.55. The molecule has 0 N–H and O–H groups in total. The number of carbonyl (C=O) groups excluding carboxylic acids is 1. The third-order valence-corrected chi connectivity index (χ3v) is 2.94. The number of thiazole rings is 1. The fourth-order valence-electron chi connectivity index (χ4n) is 1.34. The minimum Gasteiger partial charge on any atom is -0.344 e. The van der Waals surface area contributed by atoms with Crippen LogP contribution in [0.1, 0.15) is 12.1 Å². The molecule has 17 heavy (non-hydrogen) atoms. The van der Waals surface area contributed by atoms with E-state index in [2.05, 4.69) is 4.98 Å². The summed E-state index contributed by atoms with van der Waals surface area (Å²) in [5.41, 5.74) is 2.76. The molecular formula is C11H16N4OS. The molecule has 0 radical (unpaired) electrons. The van der Waals surface area contributed by atoms with Gasteiger partial charge >= 0.3 is 0 Å². The first-order valence-corrected chi connectivity index (χ1v) is 6.24. The van der Waals surface area contributed by atoms with Gasteiger partial charge in [0.2, 0.25) is 5.91 Å². The van der Waals surface area contributed by atoms with E-state index < -0.39 is 0 Å². The van der Waals surface area contributed by atoms with Gasteiger partial charge in [0.15, 0.2) is 0 Å². The second-order valence-corrected chi connectivity index (χ2v) is 4.59. The van der Waals surface area contributed by atoms with Crippen molar-refractivity contribution in [3.8, 4) is 6.07 Å². The summed E-state index contributed by atoms with van der Waals surface area (Å²) in [6.45, 7) is 1.50. The number of carbonyl (C=O) groups is 1. The summed E-state index contributed by atoms with van der Waals surface area (Å²) in [6.07, 6.45) is 0.373. The second kappa shape index (κ2) is 6.99. The number of hydrogen-bond donors (Lipinski definition) is 0. The zero-order valence-electron chi connectivity index (χ0n) is 10.1. The van der Waals surface area contributed by atoms with Crippen LogP contribution in [0.15, 0.2) is 10.9 Å². The van der Waals surface area contributed by atoms with E-state index in [4.69, 9.17) is 5.26 Å². The Morgan fingerprint density at radius 3 is 2.94 bits per heavy atom. The normalized spacial score (nSPS) is 10.2. The topological polar surface area (TPSA) is 60.2 Å². The lowest BCUT2D eigenvalue weighted by atomic mass is 10.4. The quantitative estimate of drug-likeness (QED) is 0.756. The van der Waals surface area contributed by atoms with E-state index in [1.165, 1.54) is 0 Å². The highest BCUT2D eigenvalue weighted by atomic mass is 32.1. The predicted molar refractivity (Wildman–Crippen MR) is 66.3 cm³/mol. The SMILES string of the molecule is CN(CC(=O)N(C)CCC#N)Cc1cscn1. The number of aromatic nitrogens is 1. The molecule has 0 atom stereocenters. The van der Waals surface area contributed by atoms with Crippen molar-refractivity contribution >= 4 is 17.2 Å². The van der Waals surface area contributed by atoms with Crippen molar-refractivity contribution in [2.75, 3.05) is 27.2 Å². The number of rotatable bonds is 6. The van der Waals surface area contributed by atoms with Crippen molar-refractivity contribution in [3.63, 3.8) is 0 Å². The van der Waals surface area contributed by atoms with Crippen molar-refractivity contribution in [2.24, 2.45) is 0 Å². The maximum atomic E-state index is 11.7. The van der Waals surface area contributed by atoms with E-state index >= 15 is 0 Å². The van der Waals surface area contributed by atoms with E-state index in [9.17, 15) is 4.79 Å². The number of hydrogen-bond acceptors (Lipinski definition) is 5. The van der Waals surface area contributed by atoms with Crippen LogP contribution in [0.25, 0.3) is 0 Å². The van der Waals surface area contributed by atoms with Crippen molar-refractivity contribution in [1.82, 2.24) is 14.8 Å². The first-order chi connectivity index (χ1) is 8.13. The van der Waals surface area contributed by atoms with Gasteiger partial charge in [-0.1, -0.05) is 0 Å². The molecule has 0 fully saturated rings. The second-order valence-electron chi connectivity index (χ2n) is 3.88. The first-order valence-electron chi connectivity index (χ1n) is 5.30. The minimum atomic E-state index is 0.0259. The van der Waals surface area contributed by atoms with Crippen LogP contribution < -0.4 is 0 Å². The molecule has 0 saturated heterocycles. The van der Waals surface area contributed by atoms with E-state index in [0.29, 0.717) is 26.1 Å². The molecule has 5 nitrogen and oxygen atoms in total. The molecule has 0 saturated carbocycles. The largest absolute Gasteiger partial charge is 0.344 e. The van der Waals surface area contributed by atoms with Crippen molar-refractivity contribution in [3.05, 3.63) is 16.6 Å². The van der Waals surface area contributed by atoms with Gasteiger partial charge in [-0.2, -0.15) is 5.26 Å². The summed E-state index contributed by atoms with van der Waals surface area (Å²) in [5, 5.41) is 10.4. The van der Waals surface area contributed by atoms with Gasteiger partial charge in [-0.15, -0.1) is 11.3 Å². The highest BCUT2D eigenvalue weighted by molar-refractivity contribution is 7.07. The van der Waals surface area contributed by atoms with Crippen LogP contribution in [-0.4, -0.2) is 47.9 Å². The first kappa shape index (κ1) is 13.6. The molecule has 0 spiro atoms. The van der Waals surface area contributed by atoms with Crippen molar-refractivity contribution < 1.29 is 4.79 Å². The fourth-order valence-corrected chi connectivity index (χ4v) is 1.89. The zero-order chi connectivity index (χ0) is 12.7. The molecular weight excluding hydrogens is 236 g/mol. The van der Waals surface area contributed by atoms with E-state index in [0.717, 1.165) is 5.69 Å². The summed E-state index contributed by atoms with van der Waals surface area (Å²) in [7, 11) is 3.60. The Morgan fingerprint density at radius 1 is 1.59 bits per heavy atom. The monoisotopic (exact) mass is 252 g/mol. The third-order valence-electron chi connectivity index (χ3n) is 2.31. The number of amides is 1. The Balaban J connectivity index is 2.33. The molecule has 1 amide bonds. The van der Waals surface area contributed by atoms with Crippen LogP contribution in [0.2, 0.25) is 0 Å². The lowest BCUT2D eigenvalue weighted by molar-refractivity contribution is -0.130. The maximum absolute atomic E-state index is 11.7.